The first-order chi connectivity index (χ1) is 18.1. The van der Waals surface area contributed by atoms with Crippen LogP contribution in [0.2, 0.25) is 0 Å². The maximum Gasteiger partial charge on any atom is 0.243 e. The van der Waals surface area contributed by atoms with E-state index in [1.807, 2.05) is 73.7 Å². The molecule has 0 bridgehead atoms. The maximum absolute atomic E-state index is 13.9. The molecule has 1 atom stereocenters. The molecule has 190 valence electrons. The van der Waals surface area contributed by atoms with Crippen molar-refractivity contribution in [2.24, 2.45) is 0 Å². The second kappa shape index (κ2) is 12.9. The van der Waals surface area contributed by atoms with Gasteiger partial charge in [-0.05, 0) is 52.8 Å². The number of benzene rings is 4. The number of carbonyl (C=O) groups excluding carboxylic acids is 2. The third-order valence-electron chi connectivity index (χ3n) is 6.91. The number of rotatable bonds is 11. The van der Waals surface area contributed by atoms with Crippen molar-refractivity contribution in [2.75, 3.05) is 6.54 Å². The highest BCUT2D eigenvalue weighted by atomic mass is 16.2. The van der Waals surface area contributed by atoms with Crippen LogP contribution in [-0.2, 0) is 29.0 Å². The van der Waals surface area contributed by atoms with Gasteiger partial charge < -0.3 is 10.2 Å². The van der Waals surface area contributed by atoms with E-state index in [4.69, 9.17) is 0 Å². The molecule has 0 heterocycles. The second-order valence-electron chi connectivity index (χ2n) is 9.58. The van der Waals surface area contributed by atoms with Crippen LogP contribution in [-0.4, -0.2) is 29.3 Å². The van der Waals surface area contributed by atoms with E-state index in [1.165, 1.54) is 10.8 Å². The molecule has 4 heteroatoms. The van der Waals surface area contributed by atoms with E-state index in [-0.39, 0.29) is 11.8 Å². The van der Waals surface area contributed by atoms with Crippen molar-refractivity contribution >= 4 is 22.6 Å². The summed E-state index contributed by atoms with van der Waals surface area (Å²) in [5.41, 5.74) is 4.36. The number of fused-ring (bicyclic) bond motifs is 1. The summed E-state index contributed by atoms with van der Waals surface area (Å²) in [6.45, 7) is 5.08. The van der Waals surface area contributed by atoms with Crippen LogP contribution in [0.4, 0.5) is 0 Å². The zero-order valence-electron chi connectivity index (χ0n) is 21.8. The van der Waals surface area contributed by atoms with Crippen molar-refractivity contribution in [3.05, 3.63) is 119 Å². The molecule has 0 aliphatic carbocycles. The molecule has 0 aromatic heterocycles. The van der Waals surface area contributed by atoms with Crippen LogP contribution in [0.15, 0.2) is 97.1 Å². The Kier molecular flexibility index (Phi) is 9.09. The minimum absolute atomic E-state index is 0.0104. The minimum atomic E-state index is -0.589. The molecule has 4 rings (SSSR count). The number of hydrogen-bond acceptors (Lipinski definition) is 2. The van der Waals surface area contributed by atoms with Crippen LogP contribution in [0, 0.1) is 6.92 Å². The molecule has 0 aliphatic heterocycles. The van der Waals surface area contributed by atoms with Crippen LogP contribution >= 0.6 is 0 Å². The SMILES string of the molecule is CCCNC(=O)C(Cc1ccccc1)N(Cc1ccccc1C)C(=O)CCc1cccc2ccccc12. The first-order valence-corrected chi connectivity index (χ1v) is 13.2. The van der Waals surface area contributed by atoms with Gasteiger partial charge in [-0.2, -0.15) is 0 Å². The zero-order chi connectivity index (χ0) is 26.0. The predicted octanol–water partition coefficient (Wildman–Crippen LogP) is 6.25. The Hall–Kier alpha value is -3.92. The van der Waals surface area contributed by atoms with Crippen molar-refractivity contribution < 1.29 is 9.59 Å². The molecule has 0 saturated heterocycles. The minimum Gasteiger partial charge on any atom is -0.354 e. The second-order valence-corrected chi connectivity index (χ2v) is 9.58. The zero-order valence-corrected chi connectivity index (χ0v) is 21.8. The molecule has 4 aromatic carbocycles. The smallest absolute Gasteiger partial charge is 0.243 e. The Morgan fingerprint density at radius 3 is 2.27 bits per heavy atom. The fourth-order valence-electron chi connectivity index (χ4n) is 4.79. The molecule has 0 fully saturated rings. The van der Waals surface area contributed by atoms with E-state index in [1.54, 1.807) is 4.90 Å². The van der Waals surface area contributed by atoms with Gasteiger partial charge in [-0.3, -0.25) is 9.59 Å². The molecule has 2 amide bonds. The van der Waals surface area contributed by atoms with Gasteiger partial charge in [0.2, 0.25) is 11.8 Å². The van der Waals surface area contributed by atoms with Crippen LogP contribution in [0.25, 0.3) is 10.8 Å². The van der Waals surface area contributed by atoms with E-state index in [0.29, 0.717) is 32.4 Å². The third kappa shape index (κ3) is 6.85. The first-order valence-electron chi connectivity index (χ1n) is 13.2. The van der Waals surface area contributed by atoms with Gasteiger partial charge in [0.1, 0.15) is 6.04 Å². The van der Waals surface area contributed by atoms with Crippen LogP contribution < -0.4 is 5.32 Å². The van der Waals surface area contributed by atoms with E-state index >= 15 is 0 Å². The lowest BCUT2D eigenvalue weighted by Gasteiger charge is -2.32. The lowest BCUT2D eigenvalue weighted by Crippen LogP contribution is -2.50. The standard InChI is InChI=1S/C33H36N2O2/c1-3-22-34-33(37)31(23-26-13-5-4-6-14-26)35(24-29-16-8-7-12-25(29)2)32(36)21-20-28-18-11-17-27-15-9-10-19-30(27)28/h4-19,31H,3,20-24H2,1-2H3,(H,34,37). The summed E-state index contributed by atoms with van der Waals surface area (Å²) < 4.78 is 0. The van der Waals surface area contributed by atoms with Crippen LogP contribution in [0.3, 0.4) is 0 Å². The molecule has 0 radical (unpaired) electrons. The quantitative estimate of drug-likeness (QED) is 0.269. The number of amides is 2. The average Bonchev–Trinajstić information content (AvgIpc) is 2.93. The summed E-state index contributed by atoms with van der Waals surface area (Å²) in [6.07, 6.45) is 2.28. The molecular formula is C33H36N2O2. The largest absolute Gasteiger partial charge is 0.354 e. The molecule has 0 aliphatic rings. The topological polar surface area (TPSA) is 49.4 Å². The number of carbonyl (C=O) groups is 2. The normalized spacial score (nSPS) is 11.7. The van der Waals surface area contributed by atoms with Gasteiger partial charge in [0.25, 0.3) is 0 Å². The van der Waals surface area contributed by atoms with E-state index in [0.717, 1.165) is 28.7 Å². The fourth-order valence-corrected chi connectivity index (χ4v) is 4.79. The van der Waals surface area contributed by atoms with Crippen LogP contribution in [0.1, 0.15) is 42.0 Å². The van der Waals surface area contributed by atoms with Gasteiger partial charge in [0.05, 0.1) is 0 Å². The predicted molar refractivity (Wildman–Crippen MR) is 151 cm³/mol. The van der Waals surface area contributed by atoms with Gasteiger partial charge in [-0.25, -0.2) is 0 Å². The molecule has 4 nitrogen and oxygen atoms in total. The van der Waals surface area contributed by atoms with Gasteiger partial charge in [-0.1, -0.05) is 104 Å². The monoisotopic (exact) mass is 492 g/mol. The van der Waals surface area contributed by atoms with Crippen molar-refractivity contribution in [3.8, 4) is 0 Å². The maximum atomic E-state index is 13.9. The summed E-state index contributed by atoms with van der Waals surface area (Å²) >= 11 is 0. The Labute approximate surface area is 220 Å². The highest BCUT2D eigenvalue weighted by Gasteiger charge is 2.30. The van der Waals surface area contributed by atoms with Gasteiger partial charge in [0.15, 0.2) is 0 Å². The molecule has 1 unspecified atom stereocenters. The summed E-state index contributed by atoms with van der Waals surface area (Å²) in [6, 6.07) is 32.0. The Morgan fingerprint density at radius 2 is 1.49 bits per heavy atom. The molecule has 1 N–H and O–H groups in total. The van der Waals surface area contributed by atoms with E-state index < -0.39 is 6.04 Å². The number of nitrogens with one attached hydrogen (secondary N) is 1. The summed E-state index contributed by atoms with van der Waals surface area (Å²) in [5.74, 6) is -0.110. The Morgan fingerprint density at radius 1 is 0.811 bits per heavy atom. The highest BCUT2D eigenvalue weighted by molar-refractivity contribution is 5.89. The van der Waals surface area contributed by atoms with Crippen LogP contribution in [0.5, 0.6) is 0 Å². The summed E-state index contributed by atoms with van der Waals surface area (Å²) in [4.78, 5) is 29.2. The summed E-state index contributed by atoms with van der Waals surface area (Å²) in [7, 11) is 0. The van der Waals surface area contributed by atoms with Crippen molar-refractivity contribution in [2.45, 2.75) is 52.1 Å². The van der Waals surface area contributed by atoms with Gasteiger partial charge >= 0.3 is 0 Å². The number of nitrogens with zero attached hydrogens (tertiary/aromatic N) is 1. The molecular weight excluding hydrogens is 456 g/mol. The van der Waals surface area contributed by atoms with Crippen molar-refractivity contribution in [3.63, 3.8) is 0 Å². The molecule has 0 spiro atoms. The third-order valence-corrected chi connectivity index (χ3v) is 6.91. The average molecular weight is 493 g/mol. The molecule has 4 aromatic rings. The van der Waals surface area contributed by atoms with E-state index in [9.17, 15) is 9.59 Å². The number of hydrogen-bond donors (Lipinski definition) is 1. The van der Waals surface area contributed by atoms with Crippen molar-refractivity contribution in [1.29, 1.82) is 0 Å². The molecule has 0 saturated carbocycles. The number of aryl methyl sites for hydroxylation is 2. The fraction of sp³-hybridized carbons (Fsp3) is 0.273. The first kappa shape index (κ1) is 26.2. The lowest BCUT2D eigenvalue weighted by atomic mass is 9.98. The highest BCUT2D eigenvalue weighted by Crippen LogP contribution is 2.22. The lowest BCUT2D eigenvalue weighted by molar-refractivity contribution is -0.141. The summed E-state index contributed by atoms with van der Waals surface area (Å²) in [5, 5.41) is 5.40. The van der Waals surface area contributed by atoms with Crippen molar-refractivity contribution in [1.82, 2.24) is 10.2 Å². The van der Waals surface area contributed by atoms with Gasteiger partial charge in [0, 0.05) is 25.9 Å². The Bertz CT molecular complexity index is 1330. The Balaban J connectivity index is 1.64. The molecule has 37 heavy (non-hydrogen) atoms. The van der Waals surface area contributed by atoms with Gasteiger partial charge in [-0.15, -0.1) is 0 Å². The van der Waals surface area contributed by atoms with E-state index in [2.05, 4.69) is 42.6 Å².